The first-order chi connectivity index (χ1) is 12.6. The van der Waals surface area contributed by atoms with E-state index in [0.29, 0.717) is 13.1 Å². The minimum atomic E-state index is -0.457. The predicted molar refractivity (Wildman–Crippen MR) is 97.4 cm³/mol. The first-order valence-electron chi connectivity index (χ1n) is 9.05. The van der Waals surface area contributed by atoms with Crippen molar-refractivity contribution in [2.24, 2.45) is 7.05 Å². The largest absolute Gasteiger partial charge is 0.395 e. The van der Waals surface area contributed by atoms with Gasteiger partial charge in [-0.2, -0.15) is 0 Å². The van der Waals surface area contributed by atoms with Crippen molar-refractivity contribution in [3.05, 3.63) is 20.8 Å². The molecule has 26 heavy (non-hydrogen) atoms. The van der Waals surface area contributed by atoms with Crippen LogP contribution in [0.1, 0.15) is 38.1 Å². The second-order valence-corrected chi connectivity index (χ2v) is 6.52. The van der Waals surface area contributed by atoms with Crippen LogP contribution in [0.25, 0.3) is 11.2 Å². The zero-order chi connectivity index (χ0) is 18.5. The highest BCUT2D eigenvalue weighted by Gasteiger charge is 2.24. The molecule has 0 aromatic carbocycles. The van der Waals surface area contributed by atoms with Crippen molar-refractivity contribution in [2.75, 3.05) is 31.6 Å². The lowest BCUT2D eigenvalue weighted by atomic mass is 10.2. The standard InChI is InChI=1S/C16H25N7O3/c1-22-14(25)12-13(23(16(22)26)11-5-2-3-6-11)20-21-15(19-12)18-8-4-7-17-9-10-24/h11,17,24H,2-10H2,1H3,(H,18,19,21). The second-order valence-electron chi connectivity index (χ2n) is 6.52. The maximum absolute atomic E-state index is 12.6. The molecule has 3 N–H and O–H groups in total. The molecule has 2 aromatic rings. The maximum atomic E-state index is 12.6. The lowest BCUT2D eigenvalue weighted by Crippen LogP contribution is -2.40. The van der Waals surface area contributed by atoms with Gasteiger partial charge in [-0.05, 0) is 25.8 Å². The average molecular weight is 363 g/mol. The Morgan fingerprint density at radius 3 is 2.65 bits per heavy atom. The summed E-state index contributed by atoms with van der Waals surface area (Å²) < 4.78 is 2.67. The Bertz CT molecular complexity index is 870. The molecule has 0 saturated heterocycles. The van der Waals surface area contributed by atoms with Crippen LogP contribution in [-0.2, 0) is 7.05 Å². The summed E-state index contributed by atoms with van der Waals surface area (Å²) in [4.78, 5) is 29.3. The van der Waals surface area contributed by atoms with Gasteiger partial charge in [-0.25, -0.2) is 9.78 Å². The Balaban J connectivity index is 1.85. The number of aliphatic hydroxyl groups excluding tert-OH is 1. The summed E-state index contributed by atoms with van der Waals surface area (Å²) >= 11 is 0. The van der Waals surface area contributed by atoms with Crippen LogP contribution in [0.2, 0.25) is 0 Å². The van der Waals surface area contributed by atoms with Crippen LogP contribution in [0, 0.1) is 0 Å². The third-order valence-corrected chi connectivity index (χ3v) is 4.69. The van der Waals surface area contributed by atoms with E-state index < -0.39 is 5.56 Å². The summed E-state index contributed by atoms with van der Waals surface area (Å²) in [6, 6.07) is 0.0457. The maximum Gasteiger partial charge on any atom is 0.332 e. The molecule has 10 nitrogen and oxygen atoms in total. The van der Waals surface area contributed by atoms with Gasteiger partial charge in [0, 0.05) is 26.2 Å². The SMILES string of the molecule is Cn1c(=O)c2nc(NCCCNCCO)nnc2n(C2CCCC2)c1=O. The third kappa shape index (κ3) is 3.75. The molecule has 0 aliphatic heterocycles. The number of fused-ring (bicyclic) bond motifs is 1. The summed E-state index contributed by atoms with van der Waals surface area (Å²) in [5.74, 6) is 0.272. The van der Waals surface area contributed by atoms with E-state index in [1.807, 2.05) is 0 Å². The predicted octanol–water partition coefficient (Wildman–Crippen LogP) is -0.616. The fraction of sp³-hybridized carbons (Fsp3) is 0.688. The second kappa shape index (κ2) is 8.37. The van der Waals surface area contributed by atoms with Gasteiger partial charge in [0.15, 0.2) is 11.2 Å². The Morgan fingerprint density at radius 2 is 1.92 bits per heavy atom. The van der Waals surface area contributed by atoms with E-state index >= 15 is 0 Å². The topological polar surface area (TPSA) is 127 Å². The number of aliphatic hydroxyl groups is 1. The van der Waals surface area contributed by atoms with E-state index in [4.69, 9.17) is 5.11 Å². The summed E-state index contributed by atoms with van der Waals surface area (Å²) in [5.41, 5.74) is -0.391. The first-order valence-corrected chi connectivity index (χ1v) is 9.05. The number of anilines is 1. The van der Waals surface area contributed by atoms with E-state index in [2.05, 4.69) is 25.8 Å². The molecular formula is C16H25N7O3. The normalized spacial score (nSPS) is 15.0. The fourth-order valence-corrected chi connectivity index (χ4v) is 3.31. The monoisotopic (exact) mass is 363 g/mol. The highest BCUT2D eigenvalue weighted by Crippen LogP contribution is 2.29. The van der Waals surface area contributed by atoms with Gasteiger partial charge in [0.25, 0.3) is 5.56 Å². The highest BCUT2D eigenvalue weighted by atomic mass is 16.3. The van der Waals surface area contributed by atoms with Gasteiger partial charge in [0.1, 0.15) is 0 Å². The van der Waals surface area contributed by atoms with Crippen LogP contribution in [0.4, 0.5) is 5.95 Å². The molecule has 142 valence electrons. The van der Waals surface area contributed by atoms with Crippen LogP contribution in [0.5, 0.6) is 0 Å². The van der Waals surface area contributed by atoms with Crippen molar-refractivity contribution >= 4 is 17.1 Å². The Hall–Kier alpha value is -2.33. The third-order valence-electron chi connectivity index (χ3n) is 4.69. The molecule has 0 spiro atoms. The van der Waals surface area contributed by atoms with Crippen LogP contribution < -0.4 is 21.9 Å². The van der Waals surface area contributed by atoms with Crippen molar-refractivity contribution in [1.82, 2.24) is 29.6 Å². The molecule has 1 saturated carbocycles. The van der Waals surface area contributed by atoms with Gasteiger partial charge >= 0.3 is 5.69 Å². The Labute approximate surface area is 150 Å². The number of nitrogens with zero attached hydrogens (tertiary/aromatic N) is 5. The summed E-state index contributed by atoms with van der Waals surface area (Å²) in [6.45, 7) is 2.02. The number of rotatable bonds is 8. The molecule has 0 atom stereocenters. The molecule has 2 aromatic heterocycles. The van der Waals surface area contributed by atoms with E-state index in [1.165, 1.54) is 7.05 Å². The number of hydrogen-bond acceptors (Lipinski definition) is 8. The zero-order valence-electron chi connectivity index (χ0n) is 14.9. The van der Waals surface area contributed by atoms with Gasteiger partial charge in [-0.1, -0.05) is 12.8 Å². The Morgan fingerprint density at radius 1 is 1.15 bits per heavy atom. The van der Waals surface area contributed by atoms with Crippen molar-refractivity contribution < 1.29 is 5.11 Å². The minimum absolute atomic E-state index is 0.0457. The summed E-state index contributed by atoms with van der Waals surface area (Å²) in [7, 11) is 1.47. The van der Waals surface area contributed by atoms with Gasteiger partial charge in [0.05, 0.1) is 6.61 Å². The smallest absolute Gasteiger partial charge is 0.332 e. The molecule has 0 radical (unpaired) electrons. The van der Waals surface area contributed by atoms with Crippen LogP contribution in [-0.4, -0.2) is 55.7 Å². The van der Waals surface area contributed by atoms with Gasteiger partial charge in [0.2, 0.25) is 5.95 Å². The average Bonchev–Trinajstić information content (AvgIpc) is 3.17. The van der Waals surface area contributed by atoms with Crippen molar-refractivity contribution in [2.45, 2.75) is 38.1 Å². The molecule has 0 bridgehead atoms. The van der Waals surface area contributed by atoms with E-state index in [1.54, 1.807) is 4.57 Å². The summed E-state index contributed by atoms with van der Waals surface area (Å²) in [6.07, 6.45) is 4.73. The highest BCUT2D eigenvalue weighted by molar-refractivity contribution is 5.69. The van der Waals surface area contributed by atoms with Crippen molar-refractivity contribution in [3.8, 4) is 0 Å². The van der Waals surface area contributed by atoms with Gasteiger partial charge in [-0.3, -0.25) is 13.9 Å². The van der Waals surface area contributed by atoms with Crippen LogP contribution in [0.15, 0.2) is 9.59 Å². The fourth-order valence-electron chi connectivity index (χ4n) is 3.31. The molecule has 1 fully saturated rings. The van der Waals surface area contributed by atoms with Gasteiger partial charge < -0.3 is 15.7 Å². The van der Waals surface area contributed by atoms with Crippen LogP contribution in [0.3, 0.4) is 0 Å². The van der Waals surface area contributed by atoms with Gasteiger partial charge in [-0.15, -0.1) is 10.2 Å². The van der Waals surface area contributed by atoms with E-state index in [-0.39, 0.29) is 35.5 Å². The molecule has 1 aliphatic rings. The molecular weight excluding hydrogens is 338 g/mol. The Kier molecular flexibility index (Phi) is 5.94. The van der Waals surface area contributed by atoms with E-state index in [0.717, 1.165) is 43.2 Å². The van der Waals surface area contributed by atoms with E-state index in [9.17, 15) is 9.59 Å². The molecule has 10 heteroatoms. The molecule has 0 amide bonds. The molecule has 3 rings (SSSR count). The molecule has 1 aliphatic carbocycles. The van der Waals surface area contributed by atoms with Crippen LogP contribution >= 0.6 is 0 Å². The quantitative estimate of drug-likeness (QED) is 0.530. The minimum Gasteiger partial charge on any atom is -0.395 e. The zero-order valence-corrected chi connectivity index (χ0v) is 14.9. The van der Waals surface area contributed by atoms with Crippen molar-refractivity contribution in [3.63, 3.8) is 0 Å². The van der Waals surface area contributed by atoms with Crippen molar-refractivity contribution in [1.29, 1.82) is 0 Å². The first kappa shape index (κ1) is 18.5. The summed E-state index contributed by atoms with van der Waals surface area (Å²) in [5, 5.41) is 23.0. The number of nitrogens with one attached hydrogen (secondary N) is 2. The number of hydrogen-bond donors (Lipinski definition) is 3. The lowest BCUT2D eigenvalue weighted by Gasteiger charge is -2.16. The number of aromatic nitrogens is 5. The molecule has 0 unspecified atom stereocenters. The molecule has 2 heterocycles. The lowest BCUT2D eigenvalue weighted by molar-refractivity contribution is 0.292.